The molecule has 1 fully saturated rings. The standard InChI is InChI=1S/C18H36O2/c1-3-5-7-9-10-11-13-15-18(16-17-19-20-18)14-12-8-6-4-2/h3-17H2,1-2H3. The van der Waals surface area contributed by atoms with Crippen molar-refractivity contribution >= 4 is 0 Å². The van der Waals surface area contributed by atoms with E-state index in [1.165, 1.54) is 83.5 Å². The second-order valence-electron chi connectivity index (χ2n) is 6.52. The van der Waals surface area contributed by atoms with Gasteiger partial charge in [0.2, 0.25) is 0 Å². The fourth-order valence-corrected chi connectivity index (χ4v) is 3.17. The van der Waals surface area contributed by atoms with Crippen LogP contribution in [0.4, 0.5) is 0 Å². The zero-order chi connectivity index (χ0) is 14.5. The Morgan fingerprint density at radius 1 is 0.700 bits per heavy atom. The predicted octanol–water partition coefficient (Wildman–Crippen LogP) is 6.19. The lowest BCUT2D eigenvalue weighted by Gasteiger charge is -2.25. The van der Waals surface area contributed by atoms with E-state index < -0.39 is 0 Å². The average molecular weight is 284 g/mol. The van der Waals surface area contributed by atoms with Crippen LogP contribution in [0.15, 0.2) is 0 Å². The second-order valence-corrected chi connectivity index (χ2v) is 6.52. The normalized spacial score (nSPS) is 22.5. The van der Waals surface area contributed by atoms with Gasteiger partial charge in [-0.3, -0.25) is 0 Å². The molecule has 0 spiro atoms. The first kappa shape index (κ1) is 18.0. The van der Waals surface area contributed by atoms with Crippen LogP contribution < -0.4 is 0 Å². The first-order chi connectivity index (χ1) is 9.83. The Hall–Kier alpha value is -0.0800. The highest BCUT2D eigenvalue weighted by Crippen LogP contribution is 2.34. The van der Waals surface area contributed by atoms with E-state index in [4.69, 9.17) is 9.78 Å². The summed E-state index contributed by atoms with van der Waals surface area (Å²) in [6, 6.07) is 0. The van der Waals surface area contributed by atoms with Crippen molar-refractivity contribution in [2.24, 2.45) is 0 Å². The molecule has 0 aromatic carbocycles. The van der Waals surface area contributed by atoms with Crippen LogP contribution in [0.1, 0.15) is 104 Å². The summed E-state index contributed by atoms with van der Waals surface area (Å²) < 4.78 is 0. The minimum Gasteiger partial charge on any atom is -0.236 e. The largest absolute Gasteiger partial charge is 0.236 e. The maximum atomic E-state index is 5.67. The molecule has 2 nitrogen and oxygen atoms in total. The molecule has 0 aliphatic carbocycles. The van der Waals surface area contributed by atoms with Crippen LogP contribution >= 0.6 is 0 Å². The summed E-state index contributed by atoms with van der Waals surface area (Å²) >= 11 is 0. The molecule has 0 bridgehead atoms. The van der Waals surface area contributed by atoms with Gasteiger partial charge in [-0.05, 0) is 12.8 Å². The smallest absolute Gasteiger partial charge is 0.106 e. The van der Waals surface area contributed by atoms with Crippen LogP contribution in [0.3, 0.4) is 0 Å². The minimum absolute atomic E-state index is 0.0666. The van der Waals surface area contributed by atoms with Gasteiger partial charge in [-0.25, -0.2) is 9.78 Å². The molecule has 0 aromatic rings. The van der Waals surface area contributed by atoms with Crippen LogP contribution in [-0.2, 0) is 9.78 Å². The highest BCUT2D eigenvalue weighted by Gasteiger charge is 2.35. The van der Waals surface area contributed by atoms with E-state index in [0.29, 0.717) is 0 Å². The molecule has 0 saturated carbocycles. The third-order valence-corrected chi connectivity index (χ3v) is 4.60. The Bertz CT molecular complexity index is 209. The van der Waals surface area contributed by atoms with Gasteiger partial charge in [0.05, 0.1) is 6.61 Å². The molecular formula is C18H36O2. The summed E-state index contributed by atoms with van der Waals surface area (Å²) in [5, 5.41) is 0. The van der Waals surface area contributed by atoms with Gasteiger partial charge in [0.15, 0.2) is 0 Å². The van der Waals surface area contributed by atoms with Crippen molar-refractivity contribution in [3.63, 3.8) is 0 Å². The summed E-state index contributed by atoms with van der Waals surface area (Å²) in [6.45, 7) is 5.34. The van der Waals surface area contributed by atoms with Gasteiger partial charge < -0.3 is 0 Å². The molecule has 1 rings (SSSR count). The first-order valence-electron chi connectivity index (χ1n) is 9.13. The zero-order valence-corrected chi connectivity index (χ0v) is 13.9. The second kappa shape index (κ2) is 11.6. The maximum absolute atomic E-state index is 5.67. The third kappa shape index (κ3) is 7.64. The van der Waals surface area contributed by atoms with Crippen LogP contribution in [0.2, 0.25) is 0 Å². The van der Waals surface area contributed by atoms with Gasteiger partial charge in [0.25, 0.3) is 0 Å². The summed E-state index contributed by atoms with van der Waals surface area (Å²) in [6.07, 6.45) is 18.4. The van der Waals surface area contributed by atoms with Crippen molar-refractivity contribution in [2.45, 2.75) is 109 Å². The first-order valence-corrected chi connectivity index (χ1v) is 9.13. The van der Waals surface area contributed by atoms with E-state index in [-0.39, 0.29) is 5.60 Å². The molecule has 120 valence electrons. The monoisotopic (exact) mass is 284 g/mol. The van der Waals surface area contributed by atoms with Crippen molar-refractivity contribution in [1.82, 2.24) is 0 Å². The Kier molecular flexibility index (Phi) is 10.4. The highest BCUT2D eigenvalue weighted by molar-refractivity contribution is 4.82. The Morgan fingerprint density at radius 2 is 1.20 bits per heavy atom. The molecule has 1 saturated heterocycles. The lowest BCUT2D eigenvalue weighted by Crippen LogP contribution is -2.27. The molecule has 0 N–H and O–H groups in total. The predicted molar refractivity (Wildman–Crippen MR) is 85.8 cm³/mol. The molecule has 0 aromatic heterocycles. The average Bonchev–Trinajstić information content (AvgIpc) is 2.92. The Labute approximate surface area is 126 Å². The topological polar surface area (TPSA) is 18.5 Å². The molecular weight excluding hydrogens is 248 g/mol. The summed E-state index contributed by atoms with van der Waals surface area (Å²) in [7, 11) is 0. The van der Waals surface area contributed by atoms with Gasteiger partial charge >= 0.3 is 0 Å². The molecule has 2 heteroatoms. The van der Waals surface area contributed by atoms with E-state index in [9.17, 15) is 0 Å². The van der Waals surface area contributed by atoms with Crippen molar-refractivity contribution in [3.8, 4) is 0 Å². The summed E-state index contributed by atoms with van der Waals surface area (Å²) in [5.41, 5.74) is 0.0666. The molecule has 1 aliphatic rings. The maximum Gasteiger partial charge on any atom is 0.106 e. The number of rotatable bonds is 13. The van der Waals surface area contributed by atoms with Crippen molar-refractivity contribution in [1.29, 1.82) is 0 Å². The lowest BCUT2D eigenvalue weighted by atomic mass is 9.87. The Balaban J connectivity index is 2.08. The van der Waals surface area contributed by atoms with Crippen molar-refractivity contribution in [3.05, 3.63) is 0 Å². The van der Waals surface area contributed by atoms with Gasteiger partial charge in [-0.2, -0.15) is 0 Å². The minimum atomic E-state index is 0.0666. The summed E-state index contributed by atoms with van der Waals surface area (Å²) in [4.78, 5) is 10.9. The van der Waals surface area contributed by atoms with Crippen LogP contribution in [0, 0.1) is 0 Å². The van der Waals surface area contributed by atoms with E-state index in [1.54, 1.807) is 0 Å². The molecule has 20 heavy (non-hydrogen) atoms. The number of hydrogen-bond acceptors (Lipinski definition) is 2. The third-order valence-electron chi connectivity index (χ3n) is 4.60. The number of hydrogen-bond donors (Lipinski definition) is 0. The van der Waals surface area contributed by atoms with E-state index in [2.05, 4.69) is 13.8 Å². The molecule has 0 amide bonds. The fourth-order valence-electron chi connectivity index (χ4n) is 3.17. The zero-order valence-electron chi connectivity index (χ0n) is 13.9. The van der Waals surface area contributed by atoms with E-state index in [0.717, 1.165) is 13.0 Å². The van der Waals surface area contributed by atoms with Gasteiger partial charge in [0.1, 0.15) is 5.60 Å². The van der Waals surface area contributed by atoms with E-state index in [1.807, 2.05) is 0 Å². The van der Waals surface area contributed by atoms with Crippen molar-refractivity contribution < 1.29 is 9.78 Å². The Morgan fingerprint density at radius 3 is 1.70 bits per heavy atom. The quantitative estimate of drug-likeness (QED) is 0.296. The van der Waals surface area contributed by atoms with Gasteiger partial charge in [-0.1, -0.05) is 84.5 Å². The molecule has 1 atom stereocenters. The summed E-state index contributed by atoms with van der Waals surface area (Å²) in [5.74, 6) is 0. The van der Waals surface area contributed by atoms with Crippen LogP contribution in [0.25, 0.3) is 0 Å². The lowest BCUT2D eigenvalue weighted by molar-refractivity contribution is -0.312. The molecule has 0 radical (unpaired) electrons. The molecule has 1 heterocycles. The van der Waals surface area contributed by atoms with Gasteiger partial charge in [-0.15, -0.1) is 0 Å². The fraction of sp³-hybridized carbons (Fsp3) is 1.00. The molecule has 1 aliphatic heterocycles. The number of unbranched alkanes of at least 4 members (excludes halogenated alkanes) is 9. The highest BCUT2D eigenvalue weighted by atomic mass is 17.2. The van der Waals surface area contributed by atoms with Crippen molar-refractivity contribution in [2.75, 3.05) is 6.61 Å². The van der Waals surface area contributed by atoms with Crippen LogP contribution in [-0.4, -0.2) is 12.2 Å². The van der Waals surface area contributed by atoms with Crippen LogP contribution in [0.5, 0.6) is 0 Å². The SMILES string of the molecule is CCCCCCCCCC1(CCCCCC)CCOO1. The van der Waals surface area contributed by atoms with E-state index >= 15 is 0 Å². The molecule has 1 unspecified atom stereocenters. The van der Waals surface area contributed by atoms with Gasteiger partial charge in [0, 0.05) is 6.42 Å².